The zero-order valence-corrected chi connectivity index (χ0v) is 15.9. The minimum Gasteiger partial charge on any atom is -0.414 e. The first-order chi connectivity index (χ1) is 10.6. The largest absolute Gasteiger partial charge is 0.516 e. The fourth-order valence-electron chi connectivity index (χ4n) is 3.49. The van der Waals surface area contributed by atoms with E-state index in [0.29, 0.717) is 29.0 Å². The lowest BCUT2D eigenvalue weighted by atomic mass is 10.0. The summed E-state index contributed by atoms with van der Waals surface area (Å²) in [6, 6.07) is 6.85. The van der Waals surface area contributed by atoms with Crippen molar-refractivity contribution >= 4 is 31.9 Å². The zero-order chi connectivity index (χ0) is 17.0. The van der Waals surface area contributed by atoms with Crippen LogP contribution in [0.15, 0.2) is 33.6 Å². The van der Waals surface area contributed by atoms with Gasteiger partial charge in [-0.25, -0.2) is 12.9 Å². The van der Waals surface area contributed by atoms with Gasteiger partial charge in [-0.15, -0.1) is 0 Å². The average molecular weight is 403 g/mol. The van der Waals surface area contributed by atoms with Crippen LogP contribution in [0.1, 0.15) is 20.8 Å². The van der Waals surface area contributed by atoms with E-state index in [0.717, 1.165) is 0 Å². The van der Waals surface area contributed by atoms with E-state index in [-0.39, 0.29) is 16.5 Å². The maximum atomic E-state index is 13.0. The average Bonchev–Trinajstić information content (AvgIpc) is 2.93. The van der Waals surface area contributed by atoms with Gasteiger partial charge in [-0.05, 0) is 48.8 Å². The number of benzene rings is 1. The topological polar surface area (TPSA) is 60.4 Å². The van der Waals surface area contributed by atoms with Gasteiger partial charge < -0.3 is 4.74 Å². The Hall–Kier alpha value is -0.920. The fourth-order valence-corrected chi connectivity index (χ4v) is 6.55. The van der Waals surface area contributed by atoms with Crippen LogP contribution in [0.2, 0.25) is 0 Å². The molecule has 0 saturated carbocycles. The lowest BCUT2D eigenvalue weighted by molar-refractivity contribution is -0.881. The van der Waals surface area contributed by atoms with Gasteiger partial charge in [0.05, 0.1) is 23.9 Å². The lowest BCUT2D eigenvalue weighted by Gasteiger charge is -2.38. The van der Waals surface area contributed by atoms with Crippen LogP contribution >= 0.6 is 15.9 Å². The summed E-state index contributed by atoms with van der Waals surface area (Å²) in [4.78, 5) is 12.7. The number of halogens is 1. The van der Waals surface area contributed by atoms with Crippen LogP contribution in [0.4, 0.5) is 4.79 Å². The van der Waals surface area contributed by atoms with Crippen LogP contribution in [0, 0.1) is 5.92 Å². The summed E-state index contributed by atoms with van der Waals surface area (Å²) in [5, 5.41) is -0.520. The zero-order valence-electron chi connectivity index (χ0n) is 13.5. The molecule has 1 aromatic rings. The predicted octanol–water partition coefficient (Wildman–Crippen LogP) is 2.99. The van der Waals surface area contributed by atoms with Crippen molar-refractivity contribution in [3.8, 4) is 0 Å². The number of hydrogen-bond acceptors (Lipinski definition) is 4. The van der Waals surface area contributed by atoms with Gasteiger partial charge in [0.25, 0.3) is 0 Å². The van der Waals surface area contributed by atoms with Gasteiger partial charge in [0.1, 0.15) is 17.4 Å². The van der Waals surface area contributed by atoms with Crippen LogP contribution in [-0.2, 0) is 14.6 Å². The van der Waals surface area contributed by atoms with Gasteiger partial charge >= 0.3 is 6.09 Å². The quantitative estimate of drug-likeness (QED) is 0.713. The monoisotopic (exact) mass is 402 g/mol. The second-order valence-electron chi connectivity index (χ2n) is 7.45. The number of carbonyl (C=O) groups excluding carboxylic acids is 1. The molecule has 0 aliphatic carbocycles. The van der Waals surface area contributed by atoms with Gasteiger partial charge in [-0.2, -0.15) is 4.79 Å². The Bertz CT molecular complexity index is 748. The number of sulfone groups is 1. The Morgan fingerprint density at radius 1 is 1.22 bits per heavy atom. The maximum Gasteiger partial charge on any atom is 0.516 e. The first-order valence-corrected chi connectivity index (χ1v) is 9.97. The number of amides is 1. The van der Waals surface area contributed by atoms with Crippen molar-refractivity contribution in [1.29, 1.82) is 0 Å². The van der Waals surface area contributed by atoms with E-state index in [1.54, 1.807) is 24.3 Å². The Morgan fingerprint density at radius 2 is 1.83 bits per heavy atom. The number of rotatable bonds is 2. The number of fused-ring (bicyclic) bond motifs is 1. The van der Waals surface area contributed by atoms with E-state index in [1.807, 2.05) is 20.8 Å². The van der Waals surface area contributed by atoms with Crippen molar-refractivity contribution in [2.24, 2.45) is 5.92 Å². The van der Waals surface area contributed by atoms with Crippen molar-refractivity contribution in [2.45, 2.75) is 36.5 Å². The van der Waals surface area contributed by atoms with Crippen molar-refractivity contribution in [3.05, 3.63) is 28.7 Å². The molecule has 7 heteroatoms. The van der Waals surface area contributed by atoms with Crippen molar-refractivity contribution in [2.75, 3.05) is 19.6 Å². The molecule has 1 unspecified atom stereocenters. The minimum absolute atomic E-state index is 0.0274. The predicted molar refractivity (Wildman–Crippen MR) is 89.7 cm³/mol. The molecule has 1 atom stereocenters. The highest BCUT2D eigenvalue weighted by atomic mass is 79.9. The van der Waals surface area contributed by atoms with Crippen molar-refractivity contribution < 1.29 is 22.4 Å². The SMILES string of the molecule is CC(C)(C)OC(=O)[N+]12CC(C1)C(S(=O)(=O)c1ccccc1Br)C2. The first-order valence-electron chi connectivity index (χ1n) is 7.63. The Kier molecular flexibility index (Phi) is 3.89. The van der Waals surface area contributed by atoms with Gasteiger partial charge in [0.2, 0.25) is 0 Å². The lowest BCUT2D eigenvalue weighted by Crippen LogP contribution is -2.60. The van der Waals surface area contributed by atoms with Gasteiger partial charge in [-0.3, -0.25) is 0 Å². The third-order valence-electron chi connectivity index (χ3n) is 4.55. The number of hydrogen-bond donors (Lipinski definition) is 0. The molecule has 1 aromatic carbocycles. The van der Waals surface area contributed by atoms with E-state index in [1.165, 1.54) is 0 Å². The van der Waals surface area contributed by atoms with E-state index in [9.17, 15) is 13.2 Å². The van der Waals surface area contributed by atoms with Crippen LogP contribution in [0.3, 0.4) is 0 Å². The molecule has 3 aliphatic rings. The van der Waals surface area contributed by atoms with Crippen molar-refractivity contribution in [1.82, 2.24) is 0 Å². The molecule has 126 valence electrons. The van der Waals surface area contributed by atoms with E-state index in [2.05, 4.69) is 15.9 Å². The molecule has 3 fully saturated rings. The first kappa shape index (κ1) is 16.9. The smallest absolute Gasteiger partial charge is 0.414 e. The second-order valence-corrected chi connectivity index (χ2v) is 10.4. The highest BCUT2D eigenvalue weighted by Crippen LogP contribution is 2.44. The van der Waals surface area contributed by atoms with Gasteiger partial charge in [0.15, 0.2) is 9.84 Å². The molecule has 23 heavy (non-hydrogen) atoms. The molecule has 0 N–H and O–H groups in total. The number of ether oxygens (including phenoxy) is 1. The standard InChI is InChI=1S/C16H21BrNO4S/c1-16(2,3)22-15(19)18-8-11(9-18)14(10-18)23(20,21)13-7-5-4-6-12(13)17/h4-7,11,14H,8-10H2,1-3H3/q+1. The Morgan fingerprint density at radius 3 is 2.39 bits per heavy atom. The molecule has 0 aromatic heterocycles. The molecule has 3 heterocycles. The highest BCUT2D eigenvalue weighted by molar-refractivity contribution is 9.10. The summed E-state index contributed by atoms with van der Waals surface area (Å²) in [5.41, 5.74) is -0.561. The summed E-state index contributed by atoms with van der Waals surface area (Å²) in [6.45, 7) is 6.90. The summed E-state index contributed by atoms with van der Waals surface area (Å²) in [5.74, 6) is 0.0274. The maximum absolute atomic E-state index is 13.0. The summed E-state index contributed by atoms with van der Waals surface area (Å²) < 4.78 is 32.1. The van der Waals surface area contributed by atoms with Gasteiger partial charge in [0, 0.05) is 4.47 Å². The van der Waals surface area contributed by atoms with Crippen LogP contribution < -0.4 is 0 Å². The molecular formula is C16H21BrNO4S+. The normalized spacial score (nSPS) is 29.9. The highest BCUT2D eigenvalue weighted by Gasteiger charge is 2.67. The molecule has 2 bridgehead atoms. The van der Waals surface area contributed by atoms with E-state index >= 15 is 0 Å². The minimum atomic E-state index is -3.46. The molecule has 4 rings (SSSR count). The number of nitrogens with zero attached hydrogens (tertiary/aromatic N) is 1. The third-order valence-corrected chi connectivity index (χ3v) is 7.80. The third kappa shape index (κ3) is 2.83. The Labute approximate surface area is 145 Å². The Balaban J connectivity index is 1.84. The molecule has 1 amide bonds. The fraction of sp³-hybridized carbons (Fsp3) is 0.562. The van der Waals surface area contributed by atoms with Gasteiger partial charge in [-0.1, -0.05) is 12.1 Å². The number of quaternary nitrogens is 1. The molecule has 5 nitrogen and oxygen atoms in total. The van der Waals surface area contributed by atoms with Crippen LogP contribution in [0.25, 0.3) is 0 Å². The molecular weight excluding hydrogens is 382 g/mol. The van der Waals surface area contributed by atoms with Crippen LogP contribution in [-0.4, -0.2) is 49.5 Å². The van der Waals surface area contributed by atoms with E-state index in [4.69, 9.17) is 4.74 Å². The molecule has 0 spiro atoms. The molecule has 3 aliphatic heterocycles. The van der Waals surface area contributed by atoms with E-state index < -0.39 is 20.7 Å². The van der Waals surface area contributed by atoms with Crippen LogP contribution in [0.5, 0.6) is 0 Å². The number of carbonyl (C=O) groups is 1. The molecule has 3 saturated heterocycles. The summed E-state index contributed by atoms with van der Waals surface area (Å²) >= 11 is 3.32. The molecule has 0 radical (unpaired) electrons. The summed E-state index contributed by atoms with van der Waals surface area (Å²) in [7, 11) is -3.46. The second kappa shape index (κ2) is 5.29. The summed E-state index contributed by atoms with van der Waals surface area (Å²) in [6.07, 6.45) is -0.307. The van der Waals surface area contributed by atoms with Crippen molar-refractivity contribution in [3.63, 3.8) is 0 Å².